The standard InChI is InChI=1S/C14H21F3N2S/c1-13(2,3)11-9-20-12(18-11)8-19-6-4-10(5-7-19)14(15,16)17/h9-10H,4-8H2,1-3H3. The maximum Gasteiger partial charge on any atom is 0.391 e. The van der Waals surface area contributed by atoms with Gasteiger partial charge >= 0.3 is 6.18 Å². The van der Waals surface area contributed by atoms with Crippen molar-refractivity contribution in [2.75, 3.05) is 13.1 Å². The molecule has 1 aliphatic rings. The number of hydrogen-bond acceptors (Lipinski definition) is 3. The molecule has 114 valence electrons. The topological polar surface area (TPSA) is 16.1 Å². The number of alkyl halides is 3. The first kappa shape index (κ1) is 15.8. The van der Waals surface area contributed by atoms with Crippen LogP contribution in [-0.2, 0) is 12.0 Å². The minimum Gasteiger partial charge on any atom is -0.297 e. The molecule has 1 fully saturated rings. The summed E-state index contributed by atoms with van der Waals surface area (Å²) in [5.41, 5.74) is 1.08. The Hall–Kier alpha value is -0.620. The third-order valence-corrected chi connectivity index (χ3v) is 4.56. The molecule has 0 atom stereocenters. The number of likely N-dealkylation sites (tertiary alicyclic amines) is 1. The number of halogens is 3. The van der Waals surface area contributed by atoms with Gasteiger partial charge < -0.3 is 0 Å². The molecule has 0 spiro atoms. The largest absolute Gasteiger partial charge is 0.391 e. The van der Waals surface area contributed by atoms with Crippen molar-refractivity contribution in [2.24, 2.45) is 5.92 Å². The number of piperidine rings is 1. The summed E-state index contributed by atoms with van der Waals surface area (Å²) in [6.07, 6.45) is -3.62. The summed E-state index contributed by atoms with van der Waals surface area (Å²) in [5, 5.41) is 3.05. The first-order valence-corrected chi connectivity index (χ1v) is 7.78. The maximum absolute atomic E-state index is 12.6. The summed E-state index contributed by atoms with van der Waals surface area (Å²) in [7, 11) is 0. The molecule has 1 saturated heterocycles. The maximum atomic E-state index is 12.6. The molecule has 0 unspecified atom stereocenters. The lowest BCUT2D eigenvalue weighted by molar-refractivity contribution is -0.185. The Morgan fingerprint density at radius 1 is 1.25 bits per heavy atom. The molecule has 2 rings (SSSR count). The summed E-state index contributed by atoms with van der Waals surface area (Å²) in [5.74, 6) is -1.12. The van der Waals surface area contributed by atoms with Crippen molar-refractivity contribution in [1.82, 2.24) is 9.88 Å². The number of thiazole rings is 1. The Balaban J connectivity index is 1.88. The van der Waals surface area contributed by atoms with Gasteiger partial charge in [-0.3, -0.25) is 4.90 Å². The summed E-state index contributed by atoms with van der Waals surface area (Å²) in [4.78, 5) is 6.67. The van der Waals surface area contributed by atoms with E-state index in [1.807, 2.05) is 0 Å². The van der Waals surface area contributed by atoms with E-state index in [1.165, 1.54) is 0 Å². The van der Waals surface area contributed by atoms with Gasteiger partial charge in [-0.25, -0.2) is 4.98 Å². The van der Waals surface area contributed by atoms with E-state index in [2.05, 4.69) is 36.0 Å². The van der Waals surface area contributed by atoms with Crippen LogP contribution < -0.4 is 0 Å². The van der Waals surface area contributed by atoms with Gasteiger partial charge in [0, 0.05) is 10.8 Å². The molecular weight excluding hydrogens is 285 g/mol. The van der Waals surface area contributed by atoms with E-state index >= 15 is 0 Å². The number of nitrogens with zero attached hydrogens (tertiary/aromatic N) is 2. The number of hydrogen-bond donors (Lipinski definition) is 0. The molecule has 6 heteroatoms. The zero-order chi connectivity index (χ0) is 15.0. The summed E-state index contributed by atoms with van der Waals surface area (Å²) >= 11 is 1.60. The highest BCUT2D eigenvalue weighted by molar-refractivity contribution is 7.09. The van der Waals surface area contributed by atoms with E-state index in [9.17, 15) is 13.2 Å². The van der Waals surface area contributed by atoms with E-state index in [0.717, 1.165) is 10.7 Å². The van der Waals surface area contributed by atoms with Crippen LogP contribution in [0, 0.1) is 5.92 Å². The molecule has 1 aromatic heterocycles. The second-order valence-electron chi connectivity index (χ2n) is 6.47. The lowest BCUT2D eigenvalue weighted by Gasteiger charge is -2.32. The van der Waals surface area contributed by atoms with Gasteiger partial charge in [-0.2, -0.15) is 13.2 Å². The molecule has 0 aliphatic carbocycles. The van der Waals surface area contributed by atoms with Gasteiger partial charge in [0.1, 0.15) is 5.01 Å². The molecule has 2 nitrogen and oxygen atoms in total. The SMILES string of the molecule is CC(C)(C)c1csc(CN2CCC(C(F)(F)F)CC2)n1. The van der Waals surface area contributed by atoms with Crippen LogP contribution in [0.4, 0.5) is 13.2 Å². The first-order valence-electron chi connectivity index (χ1n) is 6.90. The van der Waals surface area contributed by atoms with Crippen molar-refractivity contribution >= 4 is 11.3 Å². The van der Waals surface area contributed by atoms with Crippen LogP contribution in [0.3, 0.4) is 0 Å². The monoisotopic (exact) mass is 306 g/mol. The molecule has 0 amide bonds. The lowest BCUT2D eigenvalue weighted by atomic mass is 9.93. The fourth-order valence-corrected chi connectivity index (χ4v) is 3.40. The summed E-state index contributed by atoms with van der Waals surface area (Å²) in [6.45, 7) is 8.02. The summed E-state index contributed by atoms with van der Waals surface area (Å²) in [6, 6.07) is 0. The normalized spacial score (nSPS) is 19.5. The molecule has 0 bridgehead atoms. The van der Waals surface area contributed by atoms with Crippen molar-refractivity contribution in [3.05, 3.63) is 16.1 Å². The minimum atomic E-state index is -4.04. The number of rotatable bonds is 2. The van der Waals surface area contributed by atoms with Gasteiger partial charge in [0.25, 0.3) is 0 Å². The third-order valence-electron chi connectivity index (χ3n) is 3.73. The quantitative estimate of drug-likeness (QED) is 0.813. The molecule has 2 heterocycles. The Kier molecular flexibility index (Phi) is 4.44. The van der Waals surface area contributed by atoms with Crippen LogP contribution in [-0.4, -0.2) is 29.1 Å². The van der Waals surface area contributed by atoms with Crippen LogP contribution in [0.2, 0.25) is 0 Å². The van der Waals surface area contributed by atoms with E-state index in [1.54, 1.807) is 11.3 Å². The predicted octanol–water partition coefficient (Wildman–Crippen LogP) is 4.21. The second kappa shape index (κ2) is 5.64. The first-order chi connectivity index (χ1) is 9.16. The molecular formula is C14H21F3N2S. The Bertz CT molecular complexity index is 440. The zero-order valence-electron chi connectivity index (χ0n) is 12.1. The molecule has 0 aromatic carbocycles. The van der Waals surface area contributed by atoms with Crippen LogP contribution in [0.25, 0.3) is 0 Å². The van der Waals surface area contributed by atoms with Gasteiger partial charge in [-0.05, 0) is 25.9 Å². The van der Waals surface area contributed by atoms with Gasteiger partial charge in [0.2, 0.25) is 0 Å². The van der Waals surface area contributed by atoms with Crippen molar-refractivity contribution in [3.8, 4) is 0 Å². The smallest absolute Gasteiger partial charge is 0.297 e. The van der Waals surface area contributed by atoms with Crippen LogP contribution >= 0.6 is 11.3 Å². The minimum absolute atomic E-state index is 0.0258. The highest BCUT2D eigenvalue weighted by Crippen LogP contribution is 2.34. The van der Waals surface area contributed by atoms with Crippen molar-refractivity contribution < 1.29 is 13.2 Å². The Morgan fingerprint density at radius 2 is 1.85 bits per heavy atom. The van der Waals surface area contributed by atoms with Gasteiger partial charge in [-0.1, -0.05) is 20.8 Å². The predicted molar refractivity (Wildman–Crippen MR) is 74.9 cm³/mol. The average molecular weight is 306 g/mol. The molecule has 0 radical (unpaired) electrons. The highest BCUT2D eigenvalue weighted by Gasteiger charge is 2.41. The van der Waals surface area contributed by atoms with Gasteiger partial charge in [0.15, 0.2) is 0 Å². The third kappa shape index (κ3) is 3.95. The van der Waals surface area contributed by atoms with E-state index in [0.29, 0.717) is 19.6 Å². The lowest BCUT2D eigenvalue weighted by Crippen LogP contribution is -2.38. The highest BCUT2D eigenvalue weighted by atomic mass is 32.1. The van der Waals surface area contributed by atoms with Crippen molar-refractivity contribution in [1.29, 1.82) is 0 Å². The second-order valence-corrected chi connectivity index (χ2v) is 7.41. The van der Waals surface area contributed by atoms with Crippen molar-refractivity contribution in [2.45, 2.75) is 51.7 Å². The van der Waals surface area contributed by atoms with Gasteiger partial charge in [-0.15, -0.1) is 11.3 Å². The number of aromatic nitrogens is 1. The molecule has 20 heavy (non-hydrogen) atoms. The Morgan fingerprint density at radius 3 is 2.30 bits per heavy atom. The Labute approximate surface area is 122 Å². The fraction of sp³-hybridized carbons (Fsp3) is 0.786. The molecule has 1 aromatic rings. The van der Waals surface area contributed by atoms with Crippen LogP contribution in [0.5, 0.6) is 0 Å². The van der Waals surface area contributed by atoms with Crippen molar-refractivity contribution in [3.63, 3.8) is 0 Å². The molecule has 0 N–H and O–H groups in total. The van der Waals surface area contributed by atoms with E-state index < -0.39 is 12.1 Å². The molecule has 1 aliphatic heterocycles. The van der Waals surface area contributed by atoms with Crippen LogP contribution in [0.1, 0.15) is 44.3 Å². The van der Waals surface area contributed by atoms with Gasteiger partial charge in [0.05, 0.1) is 18.2 Å². The van der Waals surface area contributed by atoms with E-state index in [-0.39, 0.29) is 18.3 Å². The average Bonchev–Trinajstić information content (AvgIpc) is 2.77. The zero-order valence-corrected chi connectivity index (χ0v) is 12.9. The summed E-state index contributed by atoms with van der Waals surface area (Å²) < 4.78 is 37.8. The van der Waals surface area contributed by atoms with E-state index in [4.69, 9.17) is 0 Å². The molecule has 0 saturated carbocycles. The fourth-order valence-electron chi connectivity index (χ4n) is 2.34. The van der Waals surface area contributed by atoms with Crippen LogP contribution in [0.15, 0.2) is 5.38 Å².